The number of rotatable bonds is 14. The summed E-state index contributed by atoms with van der Waals surface area (Å²) in [6.07, 6.45) is 14.7. The van der Waals surface area contributed by atoms with E-state index in [1.807, 2.05) is 42.5 Å². The van der Waals surface area contributed by atoms with Crippen LogP contribution >= 0.6 is 0 Å². The summed E-state index contributed by atoms with van der Waals surface area (Å²) in [5.41, 5.74) is 2.30. The number of esters is 1. The van der Waals surface area contributed by atoms with Crippen LogP contribution < -0.4 is 4.74 Å². The van der Waals surface area contributed by atoms with Crippen molar-refractivity contribution < 1.29 is 9.53 Å². The fraction of sp³-hybridized carbons (Fsp3) is 0.500. The lowest BCUT2D eigenvalue weighted by atomic mass is 10.1. The van der Waals surface area contributed by atoms with Gasteiger partial charge in [-0.1, -0.05) is 114 Å². The molecule has 2 rings (SSSR count). The topological polar surface area (TPSA) is 26.3 Å². The highest BCUT2D eigenvalue weighted by molar-refractivity contribution is 5.73. The van der Waals surface area contributed by atoms with E-state index in [2.05, 4.69) is 19.1 Å². The third-order valence-electron chi connectivity index (χ3n) is 5.18. The van der Waals surface area contributed by atoms with Gasteiger partial charge in [-0.05, 0) is 29.7 Å². The van der Waals surface area contributed by atoms with Gasteiger partial charge in [-0.3, -0.25) is 4.79 Å². The second-order valence-corrected chi connectivity index (χ2v) is 7.65. The minimum absolute atomic E-state index is 0.122. The number of ether oxygens (including phenoxy) is 1. The van der Waals surface area contributed by atoms with E-state index in [4.69, 9.17) is 4.74 Å². The van der Waals surface area contributed by atoms with Crippen LogP contribution in [0.4, 0.5) is 0 Å². The second-order valence-electron chi connectivity index (χ2n) is 7.65. The summed E-state index contributed by atoms with van der Waals surface area (Å²) in [4.78, 5) is 12.0. The standard InChI is InChI=1S/C26H36O2/c1-2-3-4-5-6-7-8-9-10-11-15-18-26(27)28-25-21-19-24(20-22-25)23-16-13-12-14-17-23/h12-14,16-17,19-22H,2-11,15,18H2,1H3. The van der Waals surface area contributed by atoms with Crippen molar-refractivity contribution in [1.29, 1.82) is 0 Å². The molecule has 2 aromatic rings. The van der Waals surface area contributed by atoms with Crippen LogP contribution in [0.25, 0.3) is 11.1 Å². The number of benzene rings is 2. The molecule has 0 N–H and O–H groups in total. The van der Waals surface area contributed by atoms with Gasteiger partial charge in [0.05, 0.1) is 0 Å². The lowest BCUT2D eigenvalue weighted by Crippen LogP contribution is -2.07. The molecule has 28 heavy (non-hydrogen) atoms. The Labute approximate surface area is 171 Å². The van der Waals surface area contributed by atoms with Crippen molar-refractivity contribution in [2.45, 2.75) is 84.0 Å². The monoisotopic (exact) mass is 380 g/mol. The summed E-state index contributed by atoms with van der Waals surface area (Å²) in [6.45, 7) is 2.26. The maximum absolute atomic E-state index is 12.0. The third kappa shape index (κ3) is 9.21. The van der Waals surface area contributed by atoms with Crippen molar-refractivity contribution in [3.8, 4) is 16.9 Å². The summed E-state index contributed by atoms with van der Waals surface area (Å²) in [5.74, 6) is 0.510. The fourth-order valence-electron chi connectivity index (χ4n) is 3.46. The molecule has 0 spiro atoms. The molecule has 0 unspecified atom stereocenters. The molecule has 0 radical (unpaired) electrons. The summed E-state index contributed by atoms with van der Waals surface area (Å²) in [5, 5.41) is 0. The Morgan fingerprint density at radius 1 is 0.643 bits per heavy atom. The van der Waals surface area contributed by atoms with Crippen LogP contribution in [-0.2, 0) is 4.79 Å². The van der Waals surface area contributed by atoms with Crippen LogP contribution in [-0.4, -0.2) is 5.97 Å². The van der Waals surface area contributed by atoms with Gasteiger partial charge in [-0.25, -0.2) is 0 Å². The fourth-order valence-corrected chi connectivity index (χ4v) is 3.46. The van der Waals surface area contributed by atoms with Crippen LogP contribution in [0.2, 0.25) is 0 Å². The second kappa shape index (κ2) is 14.0. The van der Waals surface area contributed by atoms with Crippen molar-refractivity contribution in [2.24, 2.45) is 0 Å². The SMILES string of the molecule is CCCCCCCCCCCCCC(=O)Oc1ccc(-c2ccccc2)cc1. The maximum atomic E-state index is 12.0. The zero-order valence-corrected chi connectivity index (χ0v) is 17.5. The molecule has 2 aromatic carbocycles. The molecule has 0 bridgehead atoms. The zero-order valence-electron chi connectivity index (χ0n) is 17.5. The van der Waals surface area contributed by atoms with Gasteiger partial charge in [-0.2, -0.15) is 0 Å². The first kappa shape index (κ1) is 22.2. The average molecular weight is 381 g/mol. The molecule has 0 saturated carbocycles. The van der Waals surface area contributed by atoms with Gasteiger partial charge in [0.2, 0.25) is 0 Å². The van der Waals surface area contributed by atoms with Crippen molar-refractivity contribution in [2.75, 3.05) is 0 Å². The predicted octanol–water partition coefficient (Wildman–Crippen LogP) is 7.96. The number of hydrogen-bond acceptors (Lipinski definition) is 2. The summed E-state index contributed by atoms with van der Waals surface area (Å²) in [6, 6.07) is 18.0. The number of carbonyl (C=O) groups excluding carboxylic acids is 1. The minimum Gasteiger partial charge on any atom is -0.427 e. The number of hydrogen-bond donors (Lipinski definition) is 0. The number of unbranched alkanes of at least 4 members (excludes halogenated alkanes) is 10. The summed E-state index contributed by atoms with van der Waals surface area (Å²) < 4.78 is 5.46. The molecule has 0 saturated heterocycles. The molecule has 0 aliphatic carbocycles. The van der Waals surface area contributed by atoms with E-state index in [-0.39, 0.29) is 5.97 Å². The first-order valence-corrected chi connectivity index (χ1v) is 11.2. The Kier molecular flexibility index (Phi) is 11.1. The zero-order chi connectivity index (χ0) is 19.9. The molecule has 0 amide bonds. The molecule has 2 heteroatoms. The molecule has 152 valence electrons. The van der Waals surface area contributed by atoms with Gasteiger partial charge < -0.3 is 4.74 Å². The van der Waals surface area contributed by atoms with Gasteiger partial charge in [0.1, 0.15) is 5.75 Å². The Morgan fingerprint density at radius 2 is 1.14 bits per heavy atom. The van der Waals surface area contributed by atoms with Crippen LogP contribution in [0.15, 0.2) is 54.6 Å². The van der Waals surface area contributed by atoms with Crippen LogP contribution in [0.1, 0.15) is 84.0 Å². The molecule has 0 atom stereocenters. The van der Waals surface area contributed by atoms with E-state index in [9.17, 15) is 4.79 Å². The highest BCUT2D eigenvalue weighted by atomic mass is 16.5. The van der Waals surface area contributed by atoms with Crippen LogP contribution in [0, 0.1) is 0 Å². The first-order chi connectivity index (χ1) is 13.8. The highest BCUT2D eigenvalue weighted by Gasteiger charge is 2.05. The molecular weight excluding hydrogens is 344 g/mol. The molecule has 2 nitrogen and oxygen atoms in total. The predicted molar refractivity (Wildman–Crippen MR) is 119 cm³/mol. The van der Waals surface area contributed by atoms with Crippen LogP contribution in [0.5, 0.6) is 5.75 Å². The van der Waals surface area contributed by atoms with Gasteiger partial charge in [0.15, 0.2) is 0 Å². The number of carbonyl (C=O) groups is 1. The van der Waals surface area contributed by atoms with Gasteiger partial charge in [-0.15, -0.1) is 0 Å². The Balaban J connectivity index is 1.52. The van der Waals surface area contributed by atoms with E-state index in [0.29, 0.717) is 12.2 Å². The largest absolute Gasteiger partial charge is 0.427 e. The van der Waals surface area contributed by atoms with E-state index in [1.165, 1.54) is 63.4 Å². The highest BCUT2D eigenvalue weighted by Crippen LogP contribution is 2.22. The first-order valence-electron chi connectivity index (χ1n) is 11.2. The lowest BCUT2D eigenvalue weighted by molar-refractivity contribution is -0.134. The maximum Gasteiger partial charge on any atom is 0.311 e. The normalized spacial score (nSPS) is 10.8. The van der Waals surface area contributed by atoms with Crippen LogP contribution in [0.3, 0.4) is 0 Å². The van der Waals surface area contributed by atoms with E-state index >= 15 is 0 Å². The molecule has 0 heterocycles. The van der Waals surface area contributed by atoms with Crippen molar-refractivity contribution in [1.82, 2.24) is 0 Å². The molecule has 0 fully saturated rings. The molecule has 0 aliphatic heterocycles. The summed E-state index contributed by atoms with van der Waals surface area (Å²) >= 11 is 0. The van der Waals surface area contributed by atoms with Crippen molar-refractivity contribution >= 4 is 5.97 Å². The molecule has 0 aromatic heterocycles. The average Bonchev–Trinajstić information content (AvgIpc) is 2.73. The quantitative estimate of drug-likeness (QED) is 0.189. The Morgan fingerprint density at radius 3 is 1.71 bits per heavy atom. The van der Waals surface area contributed by atoms with Gasteiger partial charge >= 0.3 is 5.97 Å². The van der Waals surface area contributed by atoms with Gasteiger partial charge in [0, 0.05) is 6.42 Å². The lowest BCUT2D eigenvalue weighted by Gasteiger charge is -2.06. The van der Waals surface area contributed by atoms with E-state index in [0.717, 1.165) is 18.4 Å². The van der Waals surface area contributed by atoms with Crippen molar-refractivity contribution in [3.05, 3.63) is 54.6 Å². The Hall–Kier alpha value is -2.09. The summed E-state index contributed by atoms with van der Waals surface area (Å²) in [7, 11) is 0. The van der Waals surface area contributed by atoms with E-state index in [1.54, 1.807) is 0 Å². The Bertz CT molecular complexity index is 646. The van der Waals surface area contributed by atoms with Crippen molar-refractivity contribution in [3.63, 3.8) is 0 Å². The smallest absolute Gasteiger partial charge is 0.311 e. The minimum atomic E-state index is -0.122. The molecule has 0 aliphatic rings. The van der Waals surface area contributed by atoms with E-state index < -0.39 is 0 Å². The third-order valence-corrected chi connectivity index (χ3v) is 5.18. The van der Waals surface area contributed by atoms with Gasteiger partial charge in [0.25, 0.3) is 0 Å². The molecular formula is C26H36O2.